The third kappa shape index (κ3) is 6.60. The number of benzene rings is 2. The van der Waals surface area contributed by atoms with E-state index >= 15 is 0 Å². The van der Waals surface area contributed by atoms with E-state index in [0.717, 1.165) is 116 Å². The lowest BCUT2D eigenvalue weighted by Crippen LogP contribution is -2.47. The average Bonchev–Trinajstić information content (AvgIpc) is 3.92. The number of aryl methyl sites for hydroxylation is 2. The zero-order valence-corrected chi connectivity index (χ0v) is 31.0. The number of carbonyl (C=O) groups is 2. The first-order valence-electron chi connectivity index (χ1n) is 19.4. The molecule has 12 nitrogen and oxygen atoms in total. The minimum absolute atomic E-state index is 0.0486. The molecule has 2 aromatic carbocycles. The number of hydrogen-bond acceptors (Lipinski definition) is 9. The maximum Gasteiger partial charge on any atom is 0.329 e. The van der Waals surface area contributed by atoms with Gasteiger partial charge in [0, 0.05) is 46.2 Å². The number of Topliss-reactive ketones (excluding diaryl/α,β-unsaturated/α-hetero) is 2. The van der Waals surface area contributed by atoms with E-state index in [2.05, 4.69) is 31.8 Å². The molecule has 0 radical (unpaired) electrons. The highest BCUT2D eigenvalue weighted by Gasteiger charge is 2.32. The maximum atomic E-state index is 14.1. The molecule has 2 aliphatic heterocycles. The van der Waals surface area contributed by atoms with Crippen LogP contribution in [0.1, 0.15) is 61.7 Å². The van der Waals surface area contributed by atoms with Crippen LogP contribution in [0.25, 0.3) is 28.1 Å². The van der Waals surface area contributed by atoms with Crippen molar-refractivity contribution >= 4 is 39.9 Å². The fourth-order valence-corrected chi connectivity index (χ4v) is 8.88. The summed E-state index contributed by atoms with van der Waals surface area (Å²) < 4.78 is 19.2. The largest absolute Gasteiger partial charge is 0.354 e. The van der Waals surface area contributed by atoms with Gasteiger partial charge in [0.25, 0.3) is 0 Å². The molecule has 282 valence electrons. The van der Waals surface area contributed by atoms with Crippen LogP contribution in [0, 0.1) is 5.82 Å². The van der Waals surface area contributed by atoms with Crippen LogP contribution in [0.4, 0.5) is 16.0 Å². The van der Waals surface area contributed by atoms with E-state index in [-0.39, 0.29) is 35.5 Å². The van der Waals surface area contributed by atoms with Crippen molar-refractivity contribution in [2.75, 3.05) is 49.1 Å². The van der Waals surface area contributed by atoms with Crippen molar-refractivity contribution in [3.05, 3.63) is 106 Å². The van der Waals surface area contributed by atoms with Crippen molar-refractivity contribution in [1.82, 2.24) is 33.6 Å². The van der Waals surface area contributed by atoms with Crippen LogP contribution >= 0.6 is 0 Å². The molecule has 55 heavy (non-hydrogen) atoms. The Hall–Kier alpha value is -5.69. The summed E-state index contributed by atoms with van der Waals surface area (Å²) in [6.07, 6.45) is 6.15. The Morgan fingerprint density at radius 3 is 2.53 bits per heavy atom. The monoisotopic (exact) mass is 741 g/mol. The summed E-state index contributed by atoms with van der Waals surface area (Å²) in [6.45, 7) is 5.32. The van der Waals surface area contributed by atoms with Gasteiger partial charge in [0.15, 0.2) is 11.4 Å². The third-order valence-electron chi connectivity index (χ3n) is 11.7. The molecule has 3 fully saturated rings. The minimum atomic E-state index is -0.582. The average molecular weight is 742 g/mol. The quantitative estimate of drug-likeness (QED) is 0.176. The summed E-state index contributed by atoms with van der Waals surface area (Å²) in [5.74, 6) is 1.31. The van der Waals surface area contributed by atoms with Gasteiger partial charge in [-0.2, -0.15) is 0 Å². The van der Waals surface area contributed by atoms with Crippen LogP contribution in [0.15, 0.2) is 83.8 Å². The zero-order chi connectivity index (χ0) is 37.6. The van der Waals surface area contributed by atoms with Crippen LogP contribution in [-0.4, -0.2) is 84.5 Å². The van der Waals surface area contributed by atoms with Gasteiger partial charge in [-0.05, 0) is 92.2 Å². The molecule has 1 unspecified atom stereocenters. The molecular weight excluding hydrogens is 698 g/mol. The second-order valence-corrected chi connectivity index (χ2v) is 15.1. The molecule has 6 aromatic rings. The van der Waals surface area contributed by atoms with Gasteiger partial charge >= 0.3 is 5.69 Å². The van der Waals surface area contributed by atoms with Crippen molar-refractivity contribution in [1.29, 1.82) is 0 Å². The SMILES string of the molecule is Cn1c(=O)n(C2CCC(=O)CC2=O)c2cccc(CCCN3CCN(c4cccc(-c5cnc6ccc(N7CCC[C@@H]7c7cccc(F)c7)nn56)n4)CC3)c21. The van der Waals surface area contributed by atoms with Crippen LogP contribution in [-0.2, 0) is 23.1 Å². The number of rotatable bonds is 9. The normalized spacial score (nSPS) is 19.7. The van der Waals surface area contributed by atoms with Gasteiger partial charge in [-0.1, -0.05) is 30.3 Å². The van der Waals surface area contributed by atoms with Gasteiger partial charge in [0.2, 0.25) is 0 Å². The summed E-state index contributed by atoms with van der Waals surface area (Å²) >= 11 is 0. The van der Waals surface area contributed by atoms with Gasteiger partial charge in [-0.15, -0.1) is 5.10 Å². The maximum absolute atomic E-state index is 14.1. The standard InChI is InChI=1S/C42H44FN9O3/c1-47-41-28(7-3-12-35(41)51(42(47)55)34-16-15-31(53)26-37(34)54)9-5-19-48-21-23-49(24-22-48)39-14-4-11-32(45-39)36-27-44-38-17-18-40(46-52(36)38)50-20-6-13-33(50)29-8-2-10-30(43)25-29/h2-4,7-8,10-12,14,17-18,25,27,33-34H,5-6,9,13,15-16,19-24,26H2,1H3/t33-,34?/m1/s1. The number of hydrogen-bond donors (Lipinski definition) is 0. The Morgan fingerprint density at radius 2 is 1.69 bits per heavy atom. The Labute approximate surface area is 317 Å². The number of ketones is 2. The molecule has 13 heteroatoms. The van der Waals surface area contributed by atoms with Gasteiger partial charge < -0.3 is 9.80 Å². The minimum Gasteiger partial charge on any atom is -0.354 e. The highest BCUT2D eigenvalue weighted by molar-refractivity contribution is 6.03. The van der Waals surface area contributed by atoms with Crippen molar-refractivity contribution < 1.29 is 14.0 Å². The Kier molecular flexibility index (Phi) is 9.25. The van der Waals surface area contributed by atoms with E-state index in [1.165, 1.54) is 6.07 Å². The lowest BCUT2D eigenvalue weighted by atomic mass is 9.92. The molecule has 0 bridgehead atoms. The molecule has 1 aliphatic carbocycles. The molecule has 3 aliphatic rings. The first-order valence-corrected chi connectivity index (χ1v) is 19.4. The number of carbonyl (C=O) groups excluding carboxylic acids is 2. The predicted octanol–water partition coefficient (Wildman–Crippen LogP) is 5.54. The molecule has 0 amide bonds. The van der Waals surface area contributed by atoms with Gasteiger partial charge in [-0.3, -0.25) is 23.6 Å². The molecule has 0 N–H and O–H groups in total. The molecule has 0 spiro atoms. The predicted molar refractivity (Wildman–Crippen MR) is 209 cm³/mol. The summed E-state index contributed by atoms with van der Waals surface area (Å²) in [7, 11) is 1.77. The van der Waals surface area contributed by atoms with Crippen molar-refractivity contribution in [3.8, 4) is 11.4 Å². The number of fused-ring (bicyclic) bond motifs is 2. The molecule has 1 saturated carbocycles. The van der Waals surface area contributed by atoms with Crippen molar-refractivity contribution in [2.45, 2.75) is 57.0 Å². The van der Waals surface area contributed by atoms with E-state index in [9.17, 15) is 18.8 Å². The summed E-state index contributed by atoms with van der Waals surface area (Å²) in [4.78, 5) is 54.8. The van der Waals surface area contributed by atoms with E-state index in [0.29, 0.717) is 12.8 Å². The van der Waals surface area contributed by atoms with Gasteiger partial charge in [0.05, 0.1) is 41.4 Å². The molecule has 4 aromatic heterocycles. The summed E-state index contributed by atoms with van der Waals surface area (Å²) in [6, 6.07) is 22.4. The highest BCUT2D eigenvalue weighted by atomic mass is 19.1. The molecule has 9 rings (SSSR count). The van der Waals surface area contributed by atoms with E-state index in [4.69, 9.17) is 10.1 Å². The van der Waals surface area contributed by atoms with Gasteiger partial charge in [-0.25, -0.2) is 23.7 Å². The number of halogens is 1. The summed E-state index contributed by atoms with van der Waals surface area (Å²) in [5, 5.41) is 5.03. The highest BCUT2D eigenvalue weighted by Crippen LogP contribution is 2.36. The Bertz CT molecular complexity index is 2480. The topological polar surface area (TPSA) is 114 Å². The lowest BCUT2D eigenvalue weighted by Gasteiger charge is -2.35. The van der Waals surface area contributed by atoms with Gasteiger partial charge in [0.1, 0.15) is 28.9 Å². The number of pyridine rings is 1. The van der Waals surface area contributed by atoms with Crippen LogP contribution in [0.3, 0.4) is 0 Å². The number of piperazine rings is 1. The van der Waals surface area contributed by atoms with E-state index in [1.54, 1.807) is 28.3 Å². The van der Waals surface area contributed by atoms with Crippen LogP contribution < -0.4 is 15.5 Å². The first-order chi connectivity index (χ1) is 26.8. The second-order valence-electron chi connectivity index (χ2n) is 15.1. The van der Waals surface area contributed by atoms with Crippen molar-refractivity contribution in [2.24, 2.45) is 7.05 Å². The second kappa shape index (κ2) is 14.5. The molecule has 2 atom stereocenters. The number of anilines is 2. The Morgan fingerprint density at radius 1 is 0.855 bits per heavy atom. The number of nitrogens with zero attached hydrogens (tertiary/aromatic N) is 9. The van der Waals surface area contributed by atoms with Crippen molar-refractivity contribution in [3.63, 3.8) is 0 Å². The lowest BCUT2D eigenvalue weighted by molar-refractivity contribution is -0.132. The van der Waals surface area contributed by atoms with Crippen LogP contribution in [0.5, 0.6) is 0 Å². The first kappa shape index (κ1) is 35.0. The zero-order valence-electron chi connectivity index (χ0n) is 31.0. The molecule has 2 saturated heterocycles. The number of para-hydroxylation sites is 1. The third-order valence-corrected chi connectivity index (χ3v) is 11.7. The fourth-order valence-electron chi connectivity index (χ4n) is 8.88. The Balaban J connectivity index is 0.850. The molecule has 6 heterocycles. The number of aromatic nitrogens is 6. The molecular formula is C42H44FN9O3. The van der Waals surface area contributed by atoms with E-state index < -0.39 is 6.04 Å². The number of imidazole rings is 2. The van der Waals surface area contributed by atoms with Crippen LogP contribution in [0.2, 0.25) is 0 Å². The fraction of sp³-hybridized carbons (Fsp3) is 0.381. The summed E-state index contributed by atoms with van der Waals surface area (Å²) in [5.41, 5.74) is 5.86. The van der Waals surface area contributed by atoms with E-state index in [1.807, 2.05) is 53.2 Å². The smallest absolute Gasteiger partial charge is 0.329 e.